The highest BCUT2D eigenvalue weighted by atomic mass is 16.2. The predicted octanol–water partition coefficient (Wildman–Crippen LogP) is 2.10. The quantitative estimate of drug-likeness (QED) is 0.762. The van der Waals surface area contributed by atoms with E-state index in [4.69, 9.17) is 0 Å². The fraction of sp³-hybridized carbons (Fsp3) is 0.625. The summed E-state index contributed by atoms with van der Waals surface area (Å²) in [4.78, 5) is 45.0. The molecule has 3 saturated heterocycles. The van der Waals surface area contributed by atoms with E-state index >= 15 is 0 Å². The van der Waals surface area contributed by atoms with Gasteiger partial charge >= 0.3 is 0 Å². The molecule has 3 amide bonds. The lowest BCUT2D eigenvalue weighted by Crippen LogP contribution is -2.49. The van der Waals surface area contributed by atoms with Gasteiger partial charge in [0.2, 0.25) is 17.7 Å². The molecule has 0 aliphatic carbocycles. The van der Waals surface area contributed by atoms with Crippen LogP contribution >= 0.6 is 0 Å². The van der Waals surface area contributed by atoms with E-state index in [0.29, 0.717) is 32.6 Å². The van der Waals surface area contributed by atoms with Gasteiger partial charge in [0.15, 0.2) is 0 Å². The van der Waals surface area contributed by atoms with Gasteiger partial charge in [-0.1, -0.05) is 43.7 Å². The first kappa shape index (κ1) is 20.9. The first-order chi connectivity index (χ1) is 14.3. The summed E-state index contributed by atoms with van der Waals surface area (Å²) in [5.41, 5.74) is 1.53. The highest BCUT2D eigenvalue weighted by Crippen LogP contribution is 2.45. The fourth-order valence-electron chi connectivity index (χ4n) is 5.32. The molecule has 3 fully saturated rings. The molecule has 1 aromatic carbocycles. The lowest BCUT2D eigenvalue weighted by molar-refractivity contribution is -0.142. The Morgan fingerprint density at radius 1 is 0.967 bits per heavy atom. The summed E-state index contributed by atoms with van der Waals surface area (Å²) in [6.07, 6.45) is 2.43. The molecule has 3 heterocycles. The van der Waals surface area contributed by atoms with Gasteiger partial charge in [-0.05, 0) is 25.3 Å². The van der Waals surface area contributed by atoms with Crippen molar-refractivity contribution in [1.82, 2.24) is 14.7 Å². The SMILES string of the molecule is Cc1ccc(CC(=O)N2C[C@@H]3CN(C(=O)C(C)C)C[C@]3(C(=O)N3CCCC3)C2)cc1. The van der Waals surface area contributed by atoms with Crippen LogP contribution in [-0.4, -0.2) is 71.7 Å². The number of hydrogen-bond acceptors (Lipinski definition) is 3. The summed E-state index contributed by atoms with van der Waals surface area (Å²) < 4.78 is 0. The largest absolute Gasteiger partial charge is 0.342 e. The Labute approximate surface area is 179 Å². The molecule has 0 N–H and O–H groups in total. The Morgan fingerprint density at radius 2 is 1.57 bits per heavy atom. The number of nitrogens with zero attached hydrogens (tertiary/aromatic N) is 3. The summed E-state index contributed by atoms with van der Waals surface area (Å²) in [5.74, 6) is 0.270. The number of amides is 3. The van der Waals surface area contributed by atoms with E-state index in [-0.39, 0.29) is 29.6 Å². The number of carbonyl (C=O) groups is 3. The molecule has 6 nitrogen and oxygen atoms in total. The van der Waals surface area contributed by atoms with Gasteiger partial charge in [0, 0.05) is 51.1 Å². The van der Waals surface area contributed by atoms with Crippen LogP contribution < -0.4 is 0 Å². The van der Waals surface area contributed by atoms with E-state index in [1.54, 1.807) is 0 Å². The normalized spacial score (nSPS) is 25.9. The fourth-order valence-corrected chi connectivity index (χ4v) is 5.32. The first-order valence-electron chi connectivity index (χ1n) is 11.2. The van der Waals surface area contributed by atoms with E-state index in [2.05, 4.69) is 0 Å². The number of rotatable bonds is 4. The van der Waals surface area contributed by atoms with E-state index in [0.717, 1.165) is 31.5 Å². The van der Waals surface area contributed by atoms with Crippen molar-refractivity contribution in [2.24, 2.45) is 17.3 Å². The van der Waals surface area contributed by atoms with Crippen LogP contribution in [0.15, 0.2) is 24.3 Å². The van der Waals surface area contributed by atoms with Crippen LogP contribution in [-0.2, 0) is 20.8 Å². The number of aryl methyl sites for hydroxylation is 1. The molecule has 3 aliphatic heterocycles. The number of hydrogen-bond donors (Lipinski definition) is 0. The van der Waals surface area contributed by atoms with Crippen molar-refractivity contribution < 1.29 is 14.4 Å². The predicted molar refractivity (Wildman–Crippen MR) is 115 cm³/mol. The third-order valence-corrected chi connectivity index (χ3v) is 7.06. The minimum Gasteiger partial charge on any atom is -0.342 e. The second-order valence-corrected chi connectivity index (χ2v) is 9.66. The van der Waals surface area contributed by atoms with Gasteiger partial charge in [0.1, 0.15) is 0 Å². The molecular formula is C24H33N3O3. The van der Waals surface area contributed by atoms with E-state index in [1.165, 1.54) is 5.56 Å². The first-order valence-corrected chi connectivity index (χ1v) is 11.2. The minimum atomic E-state index is -0.641. The maximum absolute atomic E-state index is 13.6. The lowest BCUT2D eigenvalue weighted by atomic mass is 9.79. The summed E-state index contributed by atoms with van der Waals surface area (Å²) >= 11 is 0. The van der Waals surface area contributed by atoms with Gasteiger partial charge in [-0.3, -0.25) is 14.4 Å². The number of carbonyl (C=O) groups excluding carboxylic acids is 3. The molecular weight excluding hydrogens is 378 g/mol. The minimum absolute atomic E-state index is 0.0234. The molecule has 4 rings (SSSR count). The highest BCUT2D eigenvalue weighted by molar-refractivity contribution is 5.89. The Kier molecular flexibility index (Phi) is 5.60. The van der Waals surface area contributed by atoms with E-state index < -0.39 is 5.41 Å². The van der Waals surface area contributed by atoms with Crippen molar-refractivity contribution in [3.8, 4) is 0 Å². The molecule has 30 heavy (non-hydrogen) atoms. The van der Waals surface area contributed by atoms with Gasteiger partial charge in [-0.15, -0.1) is 0 Å². The lowest BCUT2D eigenvalue weighted by Gasteiger charge is -2.32. The summed E-state index contributed by atoms with van der Waals surface area (Å²) in [6, 6.07) is 8.04. The van der Waals surface area contributed by atoms with Crippen molar-refractivity contribution >= 4 is 17.7 Å². The average Bonchev–Trinajstić information content (AvgIpc) is 3.43. The van der Waals surface area contributed by atoms with Gasteiger partial charge in [-0.25, -0.2) is 0 Å². The number of benzene rings is 1. The van der Waals surface area contributed by atoms with Crippen molar-refractivity contribution in [3.05, 3.63) is 35.4 Å². The topological polar surface area (TPSA) is 60.9 Å². The third kappa shape index (κ3) is 3.72. The number of likely N-dealkylation sites (tertiary alicyclic amines) is 3. The zero-order valence-electron chi connectivity index (χ0n) is 18.4. The van der Waals surface area contributed by atoms with Crippen molar-refractivity contribution in [2.45, 2.75) is 40.0 Å². The van der Waals surface area contributed by atoms with Crippen LogP contribution in [0.2, 0.25) is 0 Å². The van der Waals surface area contributed by atoms with Crippen LogP contribution in [0.1, 0.15) is 37.8 Å². The molecule has 0 unspecified atom stereocenters. The Bertz CT molecular complexity index is 829. The standard InChI is InChI=1S/C24H33N3O3/c1-17(2)22(29)27-14-20-13-26(21(28)12-19-8-6-18(3)7-9-19)15-24(20,16-27)23(30)25-10-4-5-11-25/h6-9,17,20H,4-5,10-16H2,1-3H3/t20-,24-/m1/s1. The zero-order valence-corrected chi connectivity index (χ0v) is 18.4. The van der Waals surface area contributed by atoms with E-state index in [9.17, 15) is 14.4 Å². The van der Waals surface area contributed by atoms with E-state index in [1.807, 2.05) is 59.7 Å². The van der Waals surface area contributed by atoms with Crippen LogP contribution in [0.25, 0.3) is 0 Å². The second-order valence-electron chi connectivity index (χ2n) is 9.66. The van der Waals surface area contributed by atoms with Crippen molar-refractivity contribution in [2.75, 3.05) is 39.3 Å². The van der Waals surface area contributed by atoms with Gasteiger partial charge < -0.3 is 14.7 Å². The maximum Gasteiger partial charge on any atom is 0.232 e. The van der Waals surface area contributed by atoms with Crippen LogP contribution in [0.5, 0.6) is 0 Å². The molecule has 162 valence electrons. The van der Waals surface area contributed by atoms with Gasteiger partial charge in [0.05, 0.1) is 11.8 Å². The molecule has 3 aliphatic rings. The molecule has 1 aromatic rings. The highest BCUT2D eigenvalue weighted by Gasteiger charge is 2.60. The Hall–Kier alpha value is -2.37. The molecule has 0 bridgehead atoms. The average molecular weight is 412 g/mol. The second kappa shape index (κ2) is 8.05. The Morgan fingerprint density at radius 3 is 2.20 bits per heavy atom. The number of fused-ring (bicyclic) bond motifs is 1. The molecule has 6 heteroatoms. The van der Waals surface area contributed by atoms with Crippen molar-refractivity contribution in [1.29, 1.82) is 0 Å². The molecule has 0 saturated carbocycles. The van der Waals surface area contributed by atoms with Crippen LogP contribution in [0.4, 0.5) is 0 Å². The monoisotopic (exact) mass is 411 g/mol. The maximum atomic E-state index is 13.6. The van der Waals surface area contributed by atoms with Crippen molar-refractivity contribution in [3.63, 3.8) is 0 Å². The Balaban J connectivity index is 1.53. The molecule has 2 atom stereocenters. The molecule has 0 spiro atoms. The zero-order chi connectivity index (χ0) is 21.5. The summed E-state index contributed by atoms with van der Waals surface area (Å²) in [5, 5.41) is 0. The smallest absolute Gasteiger partial charge is 0.232 e. The van der Waals surface area contributed by atoms with Gasteiger partial charge in [-0.2, -0.15) is 0 Å². The van der Waals surface area contributed by atoms with Crippen LogP contribution in [0.3, 0.4) is 0 Å². The van der Waals surface area contributed by atoms with Crippen LogP contribution in [0, 0.1) is 24.2 Å². The molecule has 0 radical (unpaired) electrons. The summed E-state index contributed by atoms with van der Waals surface area (Å²) in [7, 11) is 0. The molecule has 0 aromatic heterocycles. The summed E-state index contributed by atoms with van der Waals surface area (Å²) in [6.45, 7) is 9.44. The third-order valence-electron chi connectivity index (χ3n) is 7.06. The van der Waals surface area contributed by atoms with Gasteiger partial charge in [0.25, 0.3) is 0 Å².